The molecule has 3 aliphatic rings. The Labute approximate surface area is 194 Å². The van der Waals surface area contributed by atoms with Crippen LogP contribution in [0.3, 0.4) is 0 Å². The number of nitrogens with zero attached hydrogens (tertiary/aromatic N) is 1. The molecule has 3 aromatic rings. The van der Waals surface area contributed by atoms with Crippen LogP contribution >= 0.6 is 0 Å². The number of fused-ring (bicyclic) bond motifs is 2. The molecule has 1 unspecified atom stereocenters. The summed E-state index contributed by atoms with van der Waals surface area (Å²) in [6.07, 6.45) is 0. The second-order valence-corrected chi connectivity index (χ2v) is 7.98. The van der Waals surface area contributed by atoms with E-state index in [0.29, 0.717) is 53.0 Å². The Morgan fingerprint density at radius 1 is 0.794 bits per heavy atom. The van der Waals surface area contributed by atoms with E-state index in [1.54, 1.807) is 36.4 Å². The van der Waals surface area contributed by atoms with Crippen molar-refractivity contribution < 1.29 is 33.6 Å². The summed E-state index contributed by atoms with van der Waals surface area (Å²) < 4.78 is 22.0. The fourth-order valence-corrected chi connectivity index (χ4v) is 4.43. The zero-order chi connectivity index (χ0) is 23.2. The number of carbonyl (C=O) groups excluding carboxylic acids is 2. The van der Waals surface area contributed by atoms with Gasteiger partial charge in [0.2, 0.25) is 6.79 Å². The molecule has 1 saturated heterocycles. The lowest BCUT2D eigenvalue weighted by atomic mass is 9.95. The number of carbonyl (C=O) groups is 2. The van der Waals surface area contributed by atoms with Crippen LogP contribution in [-0.2, 0) is 9.59 Å². The highest BCUT2D eigenvalue weighted by Crippen LogP contribution is 2.45. The predicted octanol–water partition coefficient (Wildman–Crippen LogP) is 3.81. The molecule has 8 nitrogen and oxygen atoms in total. The first kappa shape index (κ1) is 20.2. The van der Waals surface area contributed by atoms with Gasteiger partial charge in [-0.05, 0) is 35.9 Å². The van der Waals surface area contributed by atoms with Crippen LogP contribution in [0.1, 0.15) is 17.2 Å². The SMILES string of the molecule is O=C1C(=O)N(c2ccc3c(c2)OCO3)C(c2ccccc2)/C1=C(/O)c1ccc2c(c1)OCCO2. The molecule has 1 atom stereocenters. The minimum absolute atomic E-state index is 0.00875. The Morgan fingerprint density at radius 2 is 1.47 bits per heavy atom. The number of amides is 1. The number of aliphatic hydroxyl groups is 1. The largest absolute Gasteiger partial charge is 0.507 e. The molecule has 0 aromatic heterocycles. The summed E-state index contributed by atoms with van der Waals surface area (Å²) in [5, 5.41) is 11.3. The van der Waals surface area contributed by atoms with Gasteiger partial charge in [0.25, 0.3) is 11.7 Å². The van der Waals surface area contributed by atoms with E-state index in [1.165, 1.54) is 4.90 Å². The number of aliphatic hydroxyl groups excluding tert-OH is 1. The van der Waals surface area contributed by atoms with Crippen LogP contribution in [0.15, 0.2) is 72.3 Å². The maximum atomic E-state index is 13.3. The molecule has 1 amide bonds. The van der Waals surface area contributed by atoms with Crippen LogP contribution in [0.4, 0.5) is 5.69 Å². The van der Waals surface area contributed by atoms with Crippen molar-refractivity contribution in [2.75, 3.05) is 24.9 Å². The molecule has 1 N–H and O–H groups in total. The zero-order valence-electron chi connectivity index (χ0n) is 17.9. The van der Waals surface area contributed by atoms with Crippen molar-refractivity contribution in [2.24, 2.45) is 0 Å². The van der Waals surface area contributed by atoms with Crippen molar-refractivity contribution in [2.45, 2.75) is 6.04 Å². The summed E-state index contributed by atoms with van der Waals surface area (Å²) in [5.74, 6) is 0.267. The summed E-state index contributed by atoms with van der Waals surface area (Å²) in [5.41, 5.74) is 1.49. The normalized spacial score (nSPS) is 20.0. The van der Waals surface area contributed by atoms with Crippen molar-refractivity contribution in [3.8, 4) is 23.0 Å². The molecule has 1 fully saturated rings. The second kappa shape index (κ2) is 7.84. The Bertz CT molecular complexity index is 1350. The van der Waals surface area contributed by atoms with E-state index in [0.717, 1.165) is 0 Å². The summed E-state index contributed by atoms with van der Waals surface area (Å²) in [6.45, 7) is 0.909. The topological polar surface area (TPSA) is 94.5 Å². The first-order chi connectivity index (χ1) is 16.6. The number of Topliss-reactive ketones (excluding diaryl/α,β-unsaturated/α-hetero) is 1. The average Bonchev–Trinajstić information content (AvgIpc) is 3.45. The molecule has 3 aromatic carbocycles. The van der Waals surface area contributed by atoms with Gasteiger partial charge in [0.15, 0.2) is 23.0 Å². The number of anilines is 1. The van der Waals surface area contributed by atoms with Gasteiger partial charge in [-0.25, -0.2) is 0 Å². The quantitative estimate of drug-likeness (QED) is 0.363. The fraction of sp³-hybridized carbons (Fsp3) is 0.154. The van der Waals surface area contributed by atoms with E-state index in [2.05, 4.69) is 0 Å². The molecule has 0 saturated carbocycles. The van der Waals surface area contributed by atoms with Crippen LogP contribution in [0.5, 0.6) is 23.0 Å². The number of ketones is 1. The van der Waals surface area contributed by atoms with Gasteiger partial charge < -0.3 is 24.1 Å². The predicted molar refractivity (Wildman–Crippen MR) is 121 cm³/mol. The van der Waals surface area contributed by atoms with Gasteiger partial charge in [-0.1, -0.05) is 30.3 Å². The van der Waals surface area contributed by atoms with Crippen molar-refractivity contribution in [3.63, 3.8) is 0 Å². The molecular formula is C26H19NO7. The molecule has 0 aliphatic carbocycles. The van der Waals surface area contributed by atoms with Crippen molar-refractivity contribution in [1.82, 2.24) is 0 Å². The van der Waals surface area contributed by atoms with Crippen LogP contribution in [0.25, 0.3) is 5.76 Å². The molecule has 170 valence electrons. The molecule has 3 aliphatic heterocycles. The lowest BCUT2D eigenvalue weighted by molar-refractivity contribution is -0.132. The minimum atomic E-state index is -0.838. The second-order valence-electron chi connectivity index (χ2n) is 7.98. The number of benzene rings is 3. The third-order valence-electron chi connectivity index (χ3n) is 6.01. The van der Waals surface area contributed by atoms with E-state index < -0.39 is 17.7 Å². The van der Waals surface area contributed by atoms with E-state index in [1.807, 2.05) is 30.3 Å². The van der Waals surface area contributed by atoms with Crippen LogP contribution in [0, 0.1) is 0 Å². The Morgan fingerprint density at radius 3 is 2.29 bits per heavy atom. The van der Waals surface area contributed by atoms with E-state index in [9.17, 15) is 14.7 Å². The fourth-order valence-electron chi connectivity index (χ4n) is 4.43. The molecule has 8 heteroatoms. The molecular weight excluding hydrogens is 438 g/mol. The lowest BCUT2D eigenvalue weighted by Gasteiger charge is -2.25. The van der Waals surface area contributed by atoms with E-state index in [4.69, 9.17) is 18.9 Å². The van der Waals surface area contributed by atoms with Crippen molar-refractivity contribution in [1.29, 1.82) is 0 Å². The van der Waals surface area contributed by atoms with Gasteiger partial charge in [0, 0.05) is 17.3 Å². The Balaban J connectivity index is 1.51. The molecule has 0 spiro atoms. The average molecular weight is 457 g/mol. The third-order valence-corrected chi connectivity index (χ3v) is 6.01. The van der Waals surface area contributed by atoms with Gasteiger partial charge in [-0.2, -0.15) is 0 Å². The van der Waals surface area contributed by atoms with E-state index >= 15 is 0 Å². The molecule has 3 heterocycles. The summed E-state index contributed by atoms with van der Waals surface area (Å²) in [7, 11) is 0. The van der Waals surface area contributed by atoms with E-state index in [-0.39, 0.29) is 18.1 Å². The maximum absolute atomic E-state index is 13.3. The number of rotatable bonds is 3. The lowest BCUT2D eigenvalue weighted by Crippen LogP contribution is -2.29. The number of ether oxygens (including phenoxy) is 4. The van der Waals surface area contributed by atoms with Gasteiger partial charge in [0.1, 0.15) is 19.0 Å². The molecule has 0 bridgehead atoms. The van der Waals surface area contributed by atoms with Crippen LogP contribution in [-0.4, -0.2) is 36.8 Å². The summed E-state index contributed by atoms with van der Waals surface area (Å²) in [4.78, 5) is 28.0. The molecule has 34 heavy (non-hydrogen) atoms. The van der Waals surface area contributed by atoms with Crippen LogP contribution < -0.4 is 23.8 Å². The monoisotopic (exact) mass is 457 g/mol. The zero-order valence-corrected chi connectivity index (χ0v) is 17.9. The van der Waals surface area contributed by atoms with Crippen molar-refractivity contribution in [3.05, 3.63) is 83.4 Å². The van der Waals surface area contributed by atoms with Crippen LogP contribution in [0.2, 0.25) is 0 Å². The third kappa shape index (κ3) is 3.14. The Kier molecular flexibility index (Phi) is 4.65. The van der Waals surface area contributed by atoms with Gasteiger partial charge in [-0.15, -0.1) is 0 Å². The highest BCUT2D eigenvalue weighted by atomic mass is 16.7. The first-order valence-electron chi connectivity index (χ1n) is 10.8. The molecule has 6 rings (SSSR count). The van der Waals surface area contributed by atoms with Gasteiger partial charge >= 0.3 is 0 Å². The Hall–Kier alpha value is -4.46. The number of hydrogen-bond donors (Lipinski definition) is 1. The minimum Gasteiger partial charge on any atom is -0.507 e. The number of hydrogen-bond acceptors (Lipinski definition) is 7. The maximum Gasteiger partial charge on any atom is 0.300 e. The van der Waals surface area contributed by atoms with Gasteiger partial charge in [0.05, 0.1) is 11.6 Å². The first-order valence-corrected chi connectivity index (χ1v) is 10.8. The summed E-state index contributed by atoms with van der Waals surface area (Å²) in [6, 6.07) is 18.2. The summed E-state index contributed by atoms with van der Waals surface area (Å²) >= 11 is 0. The van der Waals surface area contributed by atoms with Gasteiger partial charge in [-0.3, -0.25) is 14.5 Å². The van der Waals surface area contributed by atoms with Crippen molar-refractivity contribution >= 4 is 23.1 Å². The smallest absolute Gasteiger partial charge is 0.300 e. The standard InChI is InChI=1S/C26H19NO7/c28-24(16-6-8-18-20(12-16)32-11-10-31-18)22-23(15-4-2-1-3-5-15)27(26(30)25(22)29)17-7-9-19-21(13-17)34-14-33-19/h1-9,12-13,23,28H,10-11,14H2/b24-22-. The highest BCUT2D eigenvalue weighted by molar-refractivity contribution is 6.51. The molecule has 0 radical (unpaired) electrons. The highest BCUT2D eigenvalue weighted by Gasteiger charge is 2.47.